The number of hydrogen-bond acceptors (Lipinski definition) is 4. The van der Waals surface area contributed by atoms with E-state index in [1.54, 1.807) is 0 Å². The molecule has 1 aromatic carbocycles. The smallest absolute Gasteiger partial charge is 0.180 e. The number of ether oxygens (including phenoxy) is 3. The largest absolute Gasteiger partial charge is 0.396 e. The van der Waals surface area contributed by atoms with Crippen LogP contribution < -0.4 is 0 Å². The first-order valence-electron chi connectivity index (χ1n) is 9.21. The molecule has 0 saturated heterocycles. The molecule has 0 unspecified atom stereocenters. The second kappa shape index (κ2) is 12.4. The fraction of sp³-hybridized carbons (Fsp3) is 0.700. The molecule has 0 heterocycles. The molecular weight excluding hydrogens is 323 g/mol. The summed E-state index contributed by atoms with van der Waals surface area (Å²) in [5.41, 5.74) is 1.07. The Balaban J connectivity index is 2.76. The highest BCUT2D eigenvalue weighted by atomic mass is 19.1. The summed E-state index contributed by atoms with van der Waals surface area (Å²) in [5, 5.41) is 9.45. The van der Waals surface area contributed by atoms with Gasteiger partial charge < -0.3 is 19.3 Å². The van der Waals surface area contributed by atoms with Gasteiger partial charge in [-0.05, 0) is 56.2 Å². The first-order chi connectivity index (χ1) is 12.0. The third-order valence-corrected chi connectivity index (χ3v) is 4.28. The van der Waals surface area contributed by atoms with Gasteiger partial charge >= 0.3 is 0 Å². The molecule has 0 amide bonds. The number of rotatable bonds is 13. The molecule has 0 aromatic heterocycles. The first kappa shape index (κ1) is 22.0. The molecule has 0 saturated carbocycles. The summed E-state index contributed by atoms with van der Waals surface area (Å²) in [6.45, 7) is 9.63. The van der Waals surface area contributed by atoms with Crippen molar-refractivity contribution in [3.63, 3.8) is 0 Å². The number of aliphatic hydroxyl groups is 1. The van der Waals surface area contributed by atoms with Gasteiger partial charge in [0.05, 0.1) is 12.7 Å². The molecule has 0 radical (unpaired) electrons. The minimum absolute atomic E-state index is 0.0608. The molecule has 144 valence electrons. The average Bonchev–Trinajstić information content (AvgIpc) is 2.58. The molecule has 4 nitrogen and oxygen atoms in total. The van der Waals surface area contributed by atoms with Crippen molar-refractivity contribution in [1.82, 2.24) is 0 Å². The van der Waals surface area contributed by atoms with Crippen LogP contribution in [0.15, 0.2) is 24.3 Å². The number of benzene rings is 1. The van der Waals surface area contributed by atoms with Crippen molar-refractivity contribution in [2.45, 2.75) is 52.9 Å². The van der Waals surface area contributed by atoms with E-state index in [1.165, 1.54) is 12.1 Å². The van der Waals surface area contributed by atoms with Crippen molar-refractivity contribution >= 4 is 0 Å². The predicted molar refractivity (Wildman–Crippen MR) is 96.9 cm³/mol. The lowest BCUT2D eigenvalue weighted by atomic mass is 9.83. The fourth-order valence-electron chi connectivity index (χ4n) is 2.96. The fourth-order valence-corrected chi connectivity index (χ4v) is 2.96. The molecule has 0 aliphatic carbocycles. The van der Waals surface area contributed by atoms with E-state index in [2.05, 4.69) is 13.8 Å². The normalized spacial score (nSPS) is 14.2. The zero-order valence-electron chi connectivity index (χ0n) is 15.9. The van der Waals surface area contributed by atoms with Gasteiger partial charge in [-0.2, -0.15) is 0 Å². The van der Waals surface area contributed by atoms with Crippen LogP contribution in [-0.4, -0.2) is 43.9 Å². The third-order valence-electron chi connectivity index (χ3n) is 4.28. The summed E-state index contributed by atoms with van der Waals surface area (Å²) in [7, 11) is 0. The van der Waals surface area contributed by atoms with Crippen LogP contribution in [-0.2, 0) is 20.6 Å². The maximum atomic E-state index is 13.1. The summed E-state index contributed by atoms with van der Waals surface area (Å²) in [6.07, 6.45) is 0.819. The summed E-state index contributed by atoms with van der Waals surface area (Å²) in [5.74, 6) is 0.338. The van der Waals surface area contributed by atoms with Crippen LogP contribution in [0.5, 0.6) is 0 Å². The molecule has 0 aliphatic heterocycles. The van der Waals surface area contributed by atoms with Crippen LogP contribution in [0, 0.1) is 17.7 Å². The van der Waals surface area contributed by atoms with Crippen molar-refractivity contribution in [3.05, 3.63) is 35.6 Å². The number of aliphatic hydroxyl groups excluding tert-OH is 1. The maximum absolute atomic E-state index is 13.1. The molecular formula is C20H33FO4. The molecule has 1 rings (SSSR count). The predicted octanol–water partition coefficient (Wildman–Crippen LogP) is 3.81. The van der Waals surface area contributed by atoms with Crippen LogP contribution in [0.2, 0.25) is 0 Å². The molecule has 0 fully saturated rings. The van der Waals surface area contributed by atoms with Crippen LogP contribution in [0.4, 0.5) is 4.39 Å². The van der Waals surface area contributed by atoms with E-state index in [0.29, 0.717) is 32.2 Å². The summed E-state index contributed by atoms with van der Waals surface area (Å²) < 4.78 is 30.3. The number of halogens is 1. The first-order valence-corrected chi connectivity index (χ1v) is 9.21. The van der Waals surface area contributed by atoms with Gasteiger partial charge in [-0.25, -0.2) is 4.39 Å². The topological polar surface area (TPSA) is 47.9 Å². The van der Waals surface area contributed by atoms with Gasteiger partial charge in [0.25, 0.3) is 0 Å². The Morgan fingerprint density at radius 3 is 2.08 bits per heavy atom. The zero-order valence-corrected chi connectivity index (χ0v) is 15.9. The molecule has 5 heteroatoms. The van der Waals surface area contributed by atoms with E-state index in [-0.39, 0.29) is 24.4 Å². The van der Waals surface area contributed by atoms with Crippen LogP contribution >= 0.6 is 0 Å². The van der Waals surface area contributed by atoms with E-state index in [9.17, 15) is 9.50 Å². The van der Waals surface area contributed by atoms with Crippen molar-refractivity contribution in [1.29, 1.82) is 0 Å². The minimum atomic E-state index is -0.394. The van der Waals surface area contributed by atoms with E-state index in [0.717, 1.165) is 12.0 Å². The molecule has 1 aromatic rings. The summed E-state index contributed by atoms with van der Waals surface area (Å²) in [6, 6.07) is 6.58. The van der Waals surface area contributed by atoms with Gasteiger partial charge in [0.2, 0.25) is 0 Å². The highest BCUT2D eigenvalue weighted by molar-refractivity contribution is 5.17. The number of hydrogen-bond donors (Lipinski definition) is 1. The molecule has 0 aliphatic rings. The Bertz CT molecular complexity index is 444. The standard InChI is InChI=1S/C20H33FO4/c1-5-23-20(24-6-2)14-25-19(11-12-22)18(15(3)4)13-16-7-9-17(21)10-8-16/h7-10,15,18-20,22H,5-6,11-14H2,1-4H3/t18-,19+/m0/s1. The molecule has 25 heavy (non-hydrogen) atoms. The van der Waals surface area contributed by atoms with Crippen molar-refractivity contribution < 1.29 is 23.7 Å². The van der Waals surface area contributed by atoms with E-state index in [4.69, 9.17) is 14.2 Å². The van der Waals surface area contributed by atoms with E-state index in [1.807, 2.05) is 26.0 Å². The Morgan fingerprint density at radius 2 is 1.60 bits per heavy atom. The van der Waals surface area contributed by atoms with Crippen LogP contribution in [0.3, 0.4) is 0 Å². The average molecular weight is 356 g/mol. The maximum Gasteiger partial charge on any atom is 0.180 e. The lowest BCUT2D eigenvalue weighted by molar-refractivity contribution is -0.183. The molecule has 0 spiro atoms. The third kappa shape index (κ3) is 8.27. The van der Waals surface area contributed by atoms with E-state index >= 15 is 0 Å². The van der Waals surface area contributed by atoms with Gasteiger partial charge in [0.15, 0.2) is 6.29 Å². The van der Waals surface area contributed by atoms with Crippen molar-refractivity contribution in [3.8, 4) is 0 Å². The van der Waals surface area contributed by atoms with Crippen molar-refractivity contribution in [2.75, 3.05) is 26.4 Å². The monoisotopic (exact) mass is 356 g/mol. The molecule has 0 bridgehead atoms. The lowest BCUT2D eigenvalue weighted by Gasteiger charge is -2.31. The Hall–Kier alpha value is -1.01. The Morgan fingerprint density at radius 1 is 1.00 bits per heavy atom. The van der Waals surface area contributed by atoms with Crippen LogP contribution in [0.25, 0.3) is 0 Å². The summed E-state index contributed by atoms with van der Waals surface area (Å²) >= 11 is 0. The van der Waals surface area contributed by atoms with Gasteiger partial charge in [-0.1, -0.05) is 26.0 Å². The quantitative estimate of drug-likeness (QED) is 0.546. The molecule has 2 atom stereocenters. The van der Waals surface area contributed by atoms with Gasteiger partial charge in [-0.3, -0.25) is 0 Å². The molecule has 1 N–H and O–H groups in total. The highest BCUT2D eigenvalue weighted by Gasteiger charge is 2.26. The van der Waals surface area contributed by atoms with Crippen LogP contribution in [0.1, 0.15) is 39.7 Å². The van der Waals surface area contributed by atoms with Crippen molar-refractivity contribution in [2.24, 2.45) is 11.8 Å². The Kier molecular flexibility index (Phi) is 10.9. The lowest BCUT2D eigenvalue weighted by Crippen LogP contribution is -2.35. The van der Waals surface area contributed by atoms with Gasteiger partial charge in [0.1, 0.15) is 5.82 Å². The van der Waals surface area contributed by atoms with Gasteiger partial charge in [-0.15, -0.1) is 0 Å². The highest BCUT2D eigenvalue weighted by Crippen LogP contribution is 2.25. The second-order valence-electron chi connectivity index (χ2n) is 6.46. The van der Waals surface area contributed by atoms with E-state index < -0.39 is 6.29 Å². The Labute approximate surface area is 151 Å². The zero-order chi connectivity index (χ0) is 18.7. The minimum Gasteiger partial charge on any atom is -0.396 e. The summed E-state index contributed by atoms with van der Waals surface area (Å²) in [4.78, 5) is 0. The van der Waals surface area contributed by atoms with Gasteiger partial charge in [0, 0.05) is 19.8 Å². The SMILES string of the molecule is CCOC(CO[C@H](CCO)[C@@H](Cc1ccc(F)cc1)C(C)C)OCC. The second-order valence-corrected chi connectivity index (χ2v) is 6.46.